The van der Waals surface area contributed by atoms with E-state index < -0.39 is 73.5 Å². The van der Waals surface area contributed by atoms with Gasteiger partial charge in [-0.25, -0.2) is 0 Å². The molecule has 4 rings (SSSR count). The monoisotopic (exact) mass is 673 g/mol. The molecule has 2 aliphatic heterocycles. The van der Waals surface area contributed by atoms with Gasteiger partial charge in [0, 0.05) is 32.0 Å². The Morgan fingerprint density at radius 1 is 0.729 bits per heavy atom. The van der Waals surface area contributed by atoms with Crippen LogP contribution in [0.15, 0.2) is 48.5 Å². The Balaban J connectivity index is 1.38. The fraction of sp³-hybridized carbons (Fsp3) is 0.515. The van der Waals surface area contributed by atoms with Gasteiger partial charge in [-0.05, 0) is 60.4 Å². The largest absolute Gasteiger partial charge is 0.463 e. The topological polar surface area (TPSA) is 211 Å². The maximum absolute atomic E-state index is 13.0. The normalized spacial score (nSPS) is 30.0. The zero-order chi connectivity index (χ0) is 35.1. The van der Waals surface area contributed by atoms with Gasteiger partial charge in [0.15, 0.2) is 0 Å². The van der Waals surface area contributed by atoms with Gasteiger partial charge < -0.3 is 55.0 Å². The number of carbonyl (C=O) groups excluding carboxylic acids is 4. The lowest BCUT2D eigenvalue weighted by Gasteiger charge is -2.44. The van der Waals surface area contributed by atoms with Crippen LogP contribution in [0, 0.1) is 11.8 Å². The van der Waals surface area contributed by atoms with Gasteiger partial charge in [-0.1, -0.05) is 13.8 Å². The number of hydrogen-bond acceptors (Lipinski definition) is 12. The Bertz CT molecular complexity index is 1420. The van der Waals surface area contributed by atoms with Crippen molar-refractivity contribution >= 4 is 29.4 Å². The smallest absolute Gasteiger partial charge is 0.302 e. The Morgan fingerprint density at radius 3 is 1.79 bits per heavy atom. The first-order valence-electron chi connectivity index (χ1n) is 15.6. The molecular weight excluding hydrogens is 630 g/mol. The van der Waals surface area contributed by atoms with E-state index >= 15 is 0 Å². The van der Waals surface area contributed by atoms with Gasteiger partial charge in [0.05, 0.1) is 18.8 Å². The number of nitrogens with one attached hydrogen (secondary N) is 3. The Kier molecular flexibility index (Phi) is 12.3. The second kappa shape index (κ2) is 16.2. The standard InChI is InChI=1S/C33H43N3O12/c1-16-17(2)27(34-18(3)38)32(48-26(16)15-44-20(5)40)45-24-12-8-22(9-13-24)36-31(43)21-6-10-23(11-7-21)46-33-28(35-19(4)39)30(42)29(41)25(14-37)47-33/h6-13,16-17,25-30,32-33,37,41-42H,14-15H2,1-5H3,(H,34,38)(H,35,39)(H,36,43)/t16-,17-,25?,26?,27?,28?,29+,30+,32+,33+/m0/s1. The summed E-state index contributed by atoms with van der Waals surface area (Å²) in [6.07, 6.45) is -6.58. The third kappa shape index (κ3) is 9.20. The van der Waals surface area contributed by atoms with E-state index in [0.717, 1.165) is 0 Å². The highest BCUT2D eigenvalue weighted by Crippen LogP contribution is 2.33. The molecule has 48 heavy (non-hydrogen) atoms. The van der Waals surface area contributed by atoms with Crippen LogP contribution in [-0.4, -0.2) is 101 Å². The van der Waals surface area contributed by atoms with Crippen molar-refractivity contribution in [3.05, 3.63) is 54.1 Å². The number of ether oxygens (including phenoxy) is 5. The zero-order valence-electron chi connectivity index (χ0n) is 27.3. The molecule has 10 atom stereocenters. The van der Waals surface area contributed by atoms with E-state index in [1.54, 1.807) is 24.3 Å². The molecule has 2 aliphatic rings. The molecule has 0 radical (unpaired) electrons. The molecule has 2 aromatic carbocycles. The molecule has 2 saturated heterocycles. The van der Waals surface area contributed by atoms with Gasteiger partial charge >= 0.3 is 5.97 Å². The third-order valence-corrected chi connectivity index (χ3v) is 8.39. The number of aliphatic hydroxyl groups excluding tert-OH is 3. The first-order valence-corrected chi connectivity index (χ1v) is 15.6. The Labute approximate surface area is 277 Å². The van der Waals surface area contributed by atoms with Crippen molar-refractivity contribution in [2.45, 2.75) is 83.7 Å². The van der Waals surface area contributed by atoms with Gasteiger partial charge in [-0.15, -0.1) is 0 Å². The number of amides is 3. The third-order valence-electron chi connectivity index (χ3n) is 8.39. The number of esters is 1. The molecule has 6 N–H and O–H groups in total. The number of hydrogen-bond donors (Lipinski definition) is 6. The van der Waals surface area contributed by atoms with Gasteiger partial charge in [-0.3, -0.25) is 19.2 Å². The summed E-state index contributed by atoms with van der Waals surface area (Å²) in [5.41, 5.74) is 0.770. The summed E-state index contributed by atoms with van der Waals surface area (Å²) in [6, 6.07) is 11.0. The summed E-state index contributed by atoms with van der Waals surface area (Å²) in [5.74, 6) is -0.999. The van der Waals surface area contributed by atoms with Crippen LogP contribution >= 0.6 is 0 Å². The van der Waals surface area contributed by atoms with Crippen LogP contribution < -0.4 is 25.4 Å². The molecule has 0 aromatic heterocycles. The van der Waals surface area contributed by atoms with E-state index in [0.29, 0.717) is 17.0 Å². The van der Waals surface area contributed by atoms with Crippen LogP contribution in [0.5, 0.6) is 11.5 Å². The molecule has 0 saturated carbocycles. The SMILES string of the molecule is CC(=O)NC1[C@H](Oc2ccc(NC(=O)c3ccc(O[C@@H]4OC(CO)[C@@H](O)[C@H](O)C4NC(C)=O)cc3)cc2)OC(COC(C)=O)[C@@H](C)[C@@H]1C. The van der Waals surface area contributed by atoms with E-state index in [1.807, 2.05) is 13.8 Å². The molecule has 4 unspecified atom stereocenters. The van der Waals surface area contributed by atoms with Crippen LogP contribution in [0.1, 0.15) is 45.0 Å². The fourth-order valence-corrected chi connectivity index (χ4v) is 5.56. The highest BCUT2D eigenvalue weighted by atomic mass is 16.7. The molecule has 3 amide bonds. The van der Waals surface area contributed by atoms with Crippen molar-refractivity contribution in [3.63, 3.8) is 0 Å². The predicted octanol–water partition coefficient (Wildman–Crippen LogP) is 0.705. The zero-order valence-corrected chi connectivity index (χ0v) is 27.3. The molecule has 0 bridgehead atoms. The predicted molar refractivity (Wildman–Crippen MR) is 169 cm³/mol. The summed E-state index contributed by atoms with van der Waals surface area (Å²) < 4.78 is 28.8. The van der Waals surface area contributed by atoms with Crippen molar-refractivity contribution in [1.82, 2.24) is 10.6 Å². The average molecular weight is 674 g/mol. The van der Waals surface area contributed by atoms with Crippen molar-refractivity contribution < 1.29 is 58.2 Å². The Hall–Kier alpha value is -4.28. The lowest BCUT2D eigenvalue weighted by molar-refractivity contribution is -0.244. The van der Waals surface area contributed by atoms with E-state index in [4.69, 9.17) is 23.7 Å². The van der Waals surface area contributed by atoms with E-state index in [9.17, 15) is 34.5 Å². The molecule has 0 spiro atoms. The molecule has 15 heteroatoms. The maximum atomic E-state index is 13.0. The van der Waals surface area contributed by atoms with Crippen LogP contribution in [0.25, 0.3) is 0 Å². The van der Waals surface area contributed by atoms with Gasteiger partial charge in [-0.2, -0.15) is 0 Å². The molecule has 2 heterocycles. The molecule has 2 fully saturated rings. The maximum Gasteiger partial charge on any atom is 0.302 e. The quantitative estimate of drug-likeness (QED) is 0.182. The summed E-state index contributed by atoms with van der Waals surface area (Å²) in [4.78, 5) is 48.0. The van der Waals surface area contributed by atoms with Crippen LogP contribution in [0.2, 0.25) is 0 Å². The minimum atomic E-state index is -1.46. The average Bonchev–Trinajstić information content (AvgIpc) is 3.04. The van der Waals surface area contributed by atoms with E-state index in [2.05, 4.69) is 16.0 Å². The summed E-state index contributed by atoms with van der Waals surface area (Å²) >= 11 is 0. The highest BCUT2D eigenvalue weighted by molar-refractivity contribution is 6.04. The van der Waals surface area contributed by atoms with Crippen LogP contribution in [0.3, 0.4) is 0 Å². The van der Waals surface area contributed by atoms with Gasteiger partial charge in [0.2, 0.25) is 24.4 Å². The summed E-state index contributed by atoms with van der Waals surface area (Å²) in [7, 11) is 0. The number of carbonyl (C=O) groups is 4. The number of benzene rings is 2. The first-order chi connectivity index (χ1) is 22.8. The molecule has 262 valence electrons. The minimum Gasteiger partial charge on any atom is -0.463 e. The Morgan fingerprint density at radius 2 is 1.25 bits per heavy atom. The lowest BCUT2D eigenvalue weighted by atomic mass is 9.82. The van der Waals surface area contributed by atoms with Crippen molar-refractivity contribution in [2.24, 2.45) is 11.8 Å². The van der Waals surface area contributed by atoms with Crippen LogP contribution in [-0.2, 0) is 28.6 Å². The number of anilines is 1. The van der Waals surface area contributed by atoms with Crippen LogP contribution in [0.4, 0.5) is 5.69 Å². The molecule has 15 nitrogen and oxygen atoms in total. The molecule has 0 aliphatic carbocycles. The fourth-order valence-electron chi connectivity index (χ4n) is 5.56. The highest BCUT2D eigenvalue weighted by Gasteiger charge is 2.46. The van der Waals surface area contributed by atoms with E-state index in [1.165, 1.54) is 45.0 Å². The summed E-state index contributed by atoms with van der Waals surface area (Å²) in [5, 5.41) is 38.4. The molecule has 2 aromatic rings. The van der Waals surface area contributed by atoms with Crippen molar-refractivity contribution in [1.29, 1.82) is 0 Å². The summed E-state index contributed by atoms with van der Waals surface area (Å²) in [6.45, 7) is 7.37. The first kappa shape index (κ1) is 36.6. The van der Waals surface area contributed by atoms with Crippen molar-refractivity contribution in [3.8, 4) is 11.5 Å². The van der Waals surface area contributed by atoms with Gasteiger partial charge in [0.25, 0.3) is 5.91 Å². The second-order valence-electron chi connectivity index (χ2n) is 12.0. The van der Waals surface area contributed by atoms with Crippen molar-refractivity contribution in [2.75, 3.05) is 18.5 Å². The second-order valence-corrected chi connectivity index (χ2v) is 12.0. The lowest BCUT2D eigenvalue weighted by Crippen LogP contribution is -2.65. The van der Waals surface area contributed by atoms with E-state index in [-0.39, 0.29) is 30.1 Å². The number of aliphatic hydroxyl groups is 3. The number of rotatable bonds is 11. The molecular formula is C33H43N3O12. The van der Waals surface area contributed by atoms with Gasteiger partial charge in [0.1, 0.15) is 42.5 Å². The minimum absolute atomic E-state index is 0.0407.